The second kappa shape index (κ2) is 13.2. The smallest absolute Gasteiger partial charge is 0.223 e. The van der Waals surface area contributed by atoms with Crippen LogP contribution < -0.4 is 10.6 Å². The number of quaternary nitrogens is 1. The Kier molecular flexibility index (Phi) is 10.1. The van der Waals surface area contributed by atoms with E-state index < -0.39 is 0 Å². The molecule has 1 saturated carbocycles. The van der Waals surface area contributed by atoms with Crippen molar-refractivity contribution in [3.05, 3.63) is 11.6 Å². The fraction of sp³-hybridized carbons (Fsp3) is 0.833. The Balaban J connectivity index is 1.27. The summed E-state index contributed by atoms with van der Waals surface area (Å²) in [6, 6.07) is 2.35. The van der Waals surface area contributed by atoms with Crippen LogP contribution in [0.5, 0.6) is 0 Å². The summed E-state index contributed by atoms with van der Waals surface area (Å²) < 4.78 is 0. The number of carbonyl (C=O) groups excluding carboxylic acids is 2. The third-order valence-corrected chi connectivity index (χ3v) is 9.83. The maximum atomic E-state index is 13.3. The molecule has 0 bridgehead atoms. The third-order valence-electron chi connectivity index (χ3n) is 9.83. The summed E-state index contributed by atoms with van der Waals surface area (Å²) in [6.07, 6.45) is 11.9. The zero-order valence-electron chi connectivity index (χ0n) is 23.5. The summed E-state index contributed by atoms with van der Waals surface area (Å²) in [5, 5.41) is 14.9. The summed E-state index contributed by atoms with van der Waals surface area (Å²) in [5.41, 5.74) is 1.31. The van der Waals surface area contributed by atoms with E-state index in [1.807, 2.05) is 0 Å². The normalized spacial score (nSPS) is 33.5. The van der Waals surface area contributed by atoms with Crippen molar-refractivity contribution in [2.24, 2.45) is 35.5 Å². The first-order valence-corrected chi connectivity index (χ1v) is 15.1. The van der Waals surface area contributed by atoms with Crippen molar-refractivity contribution in [1.29, 1.82) is 5.26 Å². The Morgan fingerprint density at radius 1 is 1.11 bits per heavy atom. The number of rotatable bonds is 7. The molecule has 2 aliphatic heterocycles. The van der Waals surface area contributed by atoms with Crippen molar-refractivity contribution in [3.63, 3.8) is 0 Å². The average Bonchev–Trinajstić information content (AvgIpc) is 2.93. The molecule has 2 amide bonds. The number of hydrogen-bond acceptors (Lipinski definition) is 4. The second-order valence-electron chi connectivity index (χ2n) is 12.5. The topological polar surface area (TPSA) is 93.0 Å². The van der Waals surface area contributed by atoms with Gasteiger partial charge in [-0.15, -0.1) is 0 Å². The van der Waals surface area contributed by atoms with Gasteiger partial charge in [-0.1, -0.05) is 25.5 Å². The van der Waals surface area contributed by atoms with Crippen molar-refractivity contribution in [1.82, 2.24) is 15.1 Å². The van der Waals surface area contributed by atoms with Gasteiger partial charge in [0.2, 0.25) is 11.8 Å². The van der Waals surface area contributed by atoms with Gasteiger partial charge in [0.1, 0.15) is 6.17 Å². The molecular weight excluding hydrogens is 462 g/mol. The quantitative estimate of drug-likeness (QED) is 0.513. The SMILES string of the molecule is CC1=CC(CNC(=O)C2CCC(C#N)CC2)C(C(C)C)CC1CC(=O)N1CCN(C2CCCC[NH2+]2)CC1. The zero-order valence-corrected chi connectivity index (χ0v) is 23.5. The molecule has 206 valence electrons. The van der Waals surface area contributed by atoms with Crippen LogP contribution in [-0.2, 0) is 9.59 Å². The maximum Gasteiger partial charge on any atom is 0.223 e. The number of allylic oxidation sites excluding steroid dienone is 1. The predicted molar refractivity (Wildman–Crippen MR) is 145 cm³/mol. The van der Waals surface area contributed by atoms with Gasteiger partial charge >= 0.3 is 0 Å². The van der Waals surface area contributed by atoms with E-state index in [9.17, 15) is 9.59 Å². The van der Waals surface area contributed by atoms with E-state index >= 15 is 0 Å². The lowest BCUT2D eigenvalue weighted by molar-refractivity contribution is -0.717. The van der Waals surface area contributed by atoms with Crippen LogP contribution in [-0.4, -0.2) is 67.0 Å². The monoisotopic (exact) mass is 512 g/mol. The van der Waals surface area contributed by atoms with Gasteiger partial charge in [-0.2, -0.15) is 5.26 Å². The highest BCUT2D eigenvalue weighted by Gasteiger charge is 2.35. The summed E-state index contributed by atoms with van der Waals surface area (Å²) in [6.45, 7) is 12.4. The highest BCUT2D eigenvalue weighted by Crippen LogP contribution is 2.39. The van der Waals surface area contributed by atoms with Crippen molar-refractivity contribution in [2.75, 3.05) is 39.3 Å². The van der Waals surface area contributed by atoms with Crippen LogP contribution in [0.25, 0.3) is 0 Å². The van der Waals surface area contributed by atoms with Crippen molar-refractivity contribution in [3.8, 4) is 6.07 Å². The maximum absolute atomic E-state index is 13.3. The van der Waals surface area contributed by atoms with E-state index in [1.165, 1.54) is 31.4 Å². The van der Waals surface area contributed by atoms with Crippen LogP contribution in [0, 0.1) is 46.8 Å². The van der Waals surface area contributed by atoms with E-state index in [0.29, 0.717) is 48.7 Å². The van der Waals surface area contributed by atoms with Gasteiger partial charge in [-0.25, -0.2) is 0 Å². The Morgan fingerprint density at radius 2 is 1.84 bits per heavy atom. The first-order valence-electron chi connectivity index (χ1n) is 15.1. The number of nitrogens with one attached hydrogen (secondary N) is 1. The van der Waals surface area contributed by atoms with Gasteiger partial charge in [0.25, 0.3) is 0 Å². The average molecular weight is 513 g/mol. The fourth-order valence-electron chi connectivity index (χ4n) is 7.26. The summed E-state index contributed by atoms with van der Waals surface area (Å²) >= 11 is 0. The Morgan fingerprint density at radius 3 is 2.46 bits per heavy atom. The molecule has 7 heteroatoms. The first-order chi connectivity index (χ1) is 17.9. The standard InChI is InChI=1S/C30H49N5O2/c1-21(2)27-17-25(18-29(36)35-14-12-34(13-15-35)28-6-4-5-11-32-28)22(3)16-26(27)20-33-30(37)24-9-7-23(19-31)8-10-24/h16,21,23-28,32H,4-15,17-18,20H2,1-3H3,(H,33,37)/p+1. The van der Waals surface area contributed by atoms with Gasteiger partial charge < -0.3 is 15.5 Å². The summed E-state index contributed by atoms with van der Waals surface area (Å²) in [5.74, 6) is 2.24. The van der Waals surface area contributed by atoms with Crippen molar-refractivity contribution < 1.29 is 14.9 Å². The Bertz CT molecular complexity index is 843. The number of piperidine rings is 1. The van der Waals surface area contributed by atoms with Gasteiger partial charge in [0.15, 0.2) is 0 Å². The van der Waals surface area contributed by atoms with Crippen molar-refractivity contribution in [2.45, 2.75) is 84.7 Å². The molecule has 7 nitrogen and oxygen atoms in total. The molecule has 0 aromatic heterocycles. The van der Waals surface area contributed by atoms with Gasteiger partial charge in [0.05, 0.1) is 12.6 Å². The van der Waals surface area contributed by atoms with Crippen LogP contribution in [0.4, 0.5) is 0 Å². The third kappa shape index (κ3) is 7.35. The minimum atomic E-state index is 0.0533. The van der Waals surface area contributed by atoms with E-state index in [2.05, 4.69) is 53.3 Å². The molecule has 4 unspecified atom stereocenters. The largest absolute Gasteiger partial charge is 0.355 e. The van der Waals surface area contributed by atoms with Crippen LogP contribution in [0.1, 0.15) is 78.6 Å². The molecule has 4 atom stereocenters. The minimum absolute atomic E-state index is 0.0533. The molecule has 2 saturated heterocycles. The number of nitrogens with two attached hydrogens (primary N) is 1. The molecule has 3 N–H and O–H groups in total. The molecule has 0 aromatic rings. The Labute approximate surface area is 224 Å². The van der Waals surface area contributed by atoms with Gasteiger partial charge in [-0.05, 0) is 75.5 Å². The molecule has 37 heavy (non-hydrogen) atoms. The molecule has 2 aliphatic carbocycles. The molecule has 0 spiro atoms. The van der Waals surface area contributed by atoms with E-state index in [0.717, 1.165) is 58.3 Å². The van der Waals surface area contributed by atoms with Crippen LogP contribution >= 0.6 is 0 Å². The van der Waals surface area contributed by atoms with E-state index in [1.54, 1.807) is 0 Å². The lowest BCUT2D eigenvalue weighted by atomic mass is 9.69. The van der Waals surface area contributed by atoms with Crippen LogP contribution in [0.2, 0.25) is 0 Å². The first kappa shape index (κ1) is 28.1. The highest BCUT2D eigenvalue weighted by atomic mass is 16.2. The number of nitriles is 1. The Hall–Kier alpha value is -1.91. The van der Waals surface area contributed by atoms with E-state index in [-0.39, 0.29) is 17.7 Å². The number of piperazine rings is 1. The lowest BCUT2D eigenvalue weighted by Crippen LogP contribution is -2.95. The predicted octanol–water partition coefficient (Wildman–Crippen LogP) is 2.89. The fourth-order valence-corrected chi connectivity index (χ4v) is 7.26. The molecule has 0 radical (unpaired) electrons. The molecular formula is C30H50N5O2+. The summed E-state index contributed by atoms with van der Waals surface area (Å²) in [4.78, 5) is 30.8. The number of nitrogens with zero attached hydrogens (tertiary/aromatic N) is 3. The lowest BCUT2D eigenvalue weighted by Gasteiger charge is -2.40. The number of carbonyl (C=O) groups is 2. The van der Waals surface area contributed by atoms with Crippen LogP contribution in [0.15, 0.2) is 11.6 Å². The highest BCUT2D eigenvalue weighted by molar-refractivity contribution is 5.78. The molecule has 3 fully saturated rings. The molecule has 0 aromatic carbocycles. The van der Waals surface area contributed by atoms with E-state index in [4.69, 9.17) is 5.26 Å². The van der Waals surface area contributed by atoms with Gasteiger partial charge in [-0.3, -0.25) is 14.5 Å². The minimum Gasteiger partial charge on any atom is -0.355 e. The zero-order chi connectivity index (χ0) is 26.4. The number of hydrogen-bond donors (Lipinski definition) is 2. The molecule has 2 heterocycles. The second-order valence-corrected chi connectivity index (χ2v) is 12.5. The van der Waals surface area contributed by atoms with Gasteiger partial charge in [0, 0.05) is 57.4 Å². The summed E-state index contributed by atoms with van der Waals surface area (Å²) in [7, 11) is 0. The molecule has 4 aliphatic rings. The molecule has 4 rings (SSSR count). The van der Waals surface area contributed by atoms with Crippen molar-refractivity contribution >= 4 is 11.8 Å². The van der Waals surface area contributed by atoms with Crippen LogP contribution in [0.3, 0.4) is 0 Å². The number of amides is 2.